The highest BCUT2D eigenvalue weighted by molar-refractivity contribution is 7.06. The lowest BCUT2D eigenvalue weighted by Crippen LogP contribution is -2.07. The van der Waals surface area contributed by atoms with Gasteiger partial charge in [-0.25, -0.2) is 4.37 Å². The highest BCUT2D eigenvalue weighted by Crippen LogP contribution is 2.44. The van der Waals surface area contributed by atoms with E-state index in [0.29, 0.717) is 22.6 Å². The molecule has 1 fully saturated rings. The fraction of sp³-hybridized carbons (Fsp3) is 0.333. The number of hydrogen-bond donors (Lipinski definition) is 0. The maximum atomic E-state index is 12.8. The molecule has 0 bridgehead atoms. The number of rotatable bonds is 5. The SMILES string of the molecule is COc1c([N+](=O)[O-])ccc(C(=O)c2cnsc2C2CC2)c1C. The minimum absolute atomic E-state index is 0.131. The van der Waals surface area contributed by atoms with Crippen LogP contribution in [0, 0.1) is 17.0 Å². The van der Waals surface area contributed by atoms with Gasteiger partial charge in [-0.3, -0.25) is 14.9 Å². The predicted octanol–water partition coefficient (Wildman–Crippen LogP) is 3.48. The van der Waals surface area contributed by atoms with Crippen molar-refractivity contribution >= 4 is 23.0 Å². The fourth-order valence-corrected chi connectivity index (χ4v) is 3.43. The molecule has 0 amide bonds. The summed E-state index contributed by atoms with van der Waals surface area (Å²) in [5, 5.41) is 11.0. The van der Waals surface area contributed by atoms with Gasteiger partial charge < -0.3 is 4.74 Å². The van der Waals surface area contributed by atoms with Crippen molar-refractivity contribution in [1.29, 1.82) is 0 Å². The van der Waals surface area contributed by atoms with Gasteiger partial charge in [0.25, 0.3) is 0 Å². The first kappa shape index (κ1) is 14.6. The van der Waals surface area contributed by atoms with Crippen molar-refractivity contribution < 1.29 is 14.5 Å². The van der Waals surface area contributed by atoms with Crippen molar-refractivity contribution in [3.63, 3.8) is 0 Å². The van der Waals surface area contributed by atoms with E-state index < -0.39 is 4.92 Å². The quantitative estimate of drug-likeness (QED) is 0.479. The zero-order chi connectivity index (χ0) is 15.9. The third-order valence-corrected chi connectivity index (χ3v) is 4.78. The summed E-state index contributed by atoms with van der Waals surface area (Å²) in [5.41, 5.74) is 1.37. The number of hydrogen-bond acceptors (Lipinski definition) is 6. The molecule has 1 aromatic heterocycles. The van der Waals surface area contributed by atoms with E-state index in [2.05, 4.69) is 4.37 Å². The summed E-state index contributed by atoms with van der Waals surface area (Å²) in [4.78, 5) is 24.3. The summed E-state index contributed by atoms with van der Waals surface area (Å²) in [6.07, 6.45) is 3.77. The van der Waals surface area contributed by atoms with Crippen molar-refractivity contribution in [2.75, 3.05) is 7.11 Å². The number of benzene rings is 1. The van der Waals surface area contributed by atoms with Crippen LogP contribution in [0.2, 0.25) is 0 Å². The largest absolute Gasteiger partial charge is 0.490 e. The average molecular weight is 318 g/mol. The third-order valence-electron chi connectivity index (χ3n) is 3.82. The molecule has 1 aromatic carbocycles. The van der Waals surface area contributed by atoms with Gasteiger partial charge in [0.1, 0.15) is 0 Å². The van der Waals surface area contributed by atoms with E-state index in [1.807, 2.05) is 0 Å². The average Bonchev–Trinajstić information content (AvgIpc) is 3.23. The van der Waals surface area contributed by atoms with Crippen molar-refractivity contribution in [2.24, 2.45) is 0 Å². The summed E-state index contributed by atoms with van der Waals surface area (Å²) in [7, 11) is 1.37. The molecule has 0 atom stereocenters. The normalized spacial score (nSPS) is 13.9. The van der Waals surface area contributed by atoms with Gasteiger partial charge in [0, 0.05) is 22.1 Å². The minimum Gasteiger partial charge on any atom is -0.490 e. The second-order valence-electron chi connectivity index (χ2n) is 5.25. The Kier molecular flexibility index (Phi) is 3.66. The van der Waals surface area contributed by atoms with Gasteiger partial charge in [-0.15, -0.1) is 0 Å². The molecule has 0 aliphatic heterocycles. The number of carbonyl (C=O) groups is 1. The van der Waals surface area contributed by atoms with E-state index in [-0.39, 0.29) is 17.2 Å². The van der Waals surface area contributed by atoms with Crippen LogP contribution in [-0.4, -0.2) is 22.2 Å². The van der Waals surface area contributed by atoms with Gasteiger partial charge in [0.15, 0.2) is 5.78 Å². The Morgan fingerprint density at radius 3 is 2.73 bits per heavy atom. The molecule has 0 N–H and O–H groups in total. The number of ether oxygens (including phenoxy) is 1. The maximum Gasteiger partial charge on any atom is 0.311 e. The van der Waals surface area contributed by atoms with Crippen molar-refractivity contribution in [3.05, 3.63) is 50.0 Å². The molecule has 1 heterocycles. The molecule has 6 nitrogen and oxygen atoms in total. The lowest BCUT2D eigenvalue weighted by molar-refractivity contribution is -0.385. The van der Waals surface area contributed by atoms with Crippen LogP contribution in [0.4, 0.5) is 5.69 Å². The molecule has 7 heteroatoms. The zero-order valence-corrected chi connectivity index (χ0v) is 13.0. The van der Waals surface area contributed by atoms with Gasteiger partial charge in [-0.1, -0.05) is 0 Å². The van der Waals surface area contributed by atoms with Gasteiger partial charge in [0.2, 0.25) is 5.75 Å². The molecule has 1 aliphatic rings. The Labute approximate surface area is 131 Å². The molecule has 0 radical (unpaired) electrons. The van der Waals surface area contributed by atoms with E-state index in [1.165, 1.54) is 30.8 Å². The van der Waals surface area contributed by atoms with Crippen LogP contribution in [0.15, 0.2) is 18.3 Å². The van der Waals surface area contributed by atoms with Gasteiger partial charge in [-0.2, -0.15) is 0 Å². The Morgan fingerprint density at radius 1 is 1.41 bits per heavy atom. The van der Waals surface area contributed by atoms with E-state index in [9.17, 15) is 14.9 Å². The minimum atomic E-state index is -0.512. The monoisotopic (exact) mass is 318 g/mol. The molecule has 0 saturated heterocycles. The predicted molar refractivity (Wildman–Crippen MR) is 81.9 cm³/mol. The number of nitro benzene ring substituents is 1. The van der Waals surface area contributed by atoms with Crippen LogP contribution in [0.1, 0.15) is 45.1 Å². The van der Waals surface area contributed by atoms with E-state index >= 15 is 0 Å². The van der Waals surface area contributed by atoms with Crippen molar-refractivity contribution in [3.8, 4) is 5.75 Å². The van der Waals surface area contributed by atoms with E-state index in [0.717, 1.165) is 17.7 Å². The lowest BCUT2D eigenvalue weighted by atomic mass is 9.97. The zero-order valence-electron chi connectivity index (χ0n) is 12.2. The summed E-state index contributed by atoms with van der Waals surface area (Å²) in [6, 6.07) is 2.81. The van der Waals surface area contributed by atoms with Gasteiger partial charge in [0.05, 0.1) is 23.8 Å². The second kappa shape index (κ2) is 5.49. The van der Waals surface area contributed by atoms with Gasteiger partial charge >= 0.3 is 5.69 Å². The van der Waals surface area contributed by atoms with Crippen molar-refractivity contribution in [1.82, 2.24) is 4.37 Å². The highest BCUT2D eigenvalue weighted by atomic mass is 32.1. The number of ketones is 1. The van der Waals surface area contributed by atoms with E-state index in [4.69, 9.17) is 4.74 Å². The fourth-order valence-electron chi connectivity index (χ4n) is 2.53. The summed E-state index contributed by atoms with van der Waals surface area (Å²) in [5.74, 6) is 0.417. The van der Waals surface area contributed by atoms with Crippen LogP contribution >= 0.6 is 11.5 Å². The number of nitrogens with zero attached hydrogens (tertiary/aromatic N) is 2. The number of carbonyl (C=O) groups excluding carboxylic acids is 1. The highest BCUT2D eigenvalue weighted by Gasteiger charge is 2.31. The van der Waals surface area contributed by atoms with Crippen LogP contribution in [0.3, 0.4) is 0 Å². The summed E-state index contributed by atoms with van der Waals surface area (Å²) in [6.45, 7) is 1.66. The number of nitro groups is 1. The Morgan fingerprint density at radius 2 is 2.14 bits per heavy atom. The topological polar surface area (TPSA) is 82.3 Å². The van der Waals surface area contributed by atoms with Gasteiger partial charge in [-0.05, 0) is 43.3 Å². The first-order chi connectivity index (χ1) is 10.5. The molecule has 0 spiro atoms. The molecule has 1 aliphatic carbocycles. The first-order valence-corrected chi connectivity index (χ1v) is 7.63. The van der Waals surface area contributed by atoms with Crippen LogP contribution in [-0.2, 0) is 0 Å². The summed E-state index contributed by atoms with van der Waals surface area (Å²) < 4.78 is 9.26. The molecule has 22 heavy (non-hydrogen) atoms. The molecule has 1 saturated carbocycles. The summed E-state index contributed by atoms with van der Waals surface area (Å²) >= 11 is 1.36. The lowest BCUT2D eigenvalue weighted by Gasteiger charge is -2.10. The number of aromatic nitrogens is 1. The molecule has 114 valence electrons. The molecular weight excluding hydrogens is 304 g/mol. The molecule has 2 aromatic rings. The second-order valence-corrected chi connectivity index (χ2v) is 6.09. The number of methoxy groups -OCH3 is 1. The molecule has 0 unspecified atom stereocenters. The van der Waals surface area contributed by atoms with Crippen LogP contribution in [0.25, 0.3) is 0 Å². The standard InChI is InChI=1S/C15H14N2O4S/c1-8-10(5-6-12(17(19)20)14(8)21-2)13(18)11-7-16-22-15(11)9-3-4-9/h5-7,9H,3-4H2,1-2H3. The Balaban J connectivity index is 2.06. The smallest absolute Gasteiger partial charge is 0.311 e. The van der Waals surface area contributed by atoms with Crippen molar-refractivity contribution in [2.45, 2.75) is 25.7 Å². The third kappa shape index (κ3) is 2.37. The first-order valence-electron chi connectivity index (χ1n) is 6.85. The molecule has 3 rings (SSSR count). The van der Waals surface area contributed by atoms with Crippen LogP contribution < -0.4 is 4.74 Å². The molecular formula is C15H14N2O4S. The van der Waals surface area contributed by atoms with E-state index in [1.54, 1.807) is 13.1 Å². The maximum absolute atomic E-state index is 12.8. The van der Waals surface area contributed by atoms with Crippen LogP contribution in [0.5, 0.6) is 5.75 Å². The Hall–Kier alpha value is -2.28. The Bertz CT molecular complexity index is 765.